The molecule has 1 amide bonds. The Kier molecular flexibility index (Phi) is 8.63. The van der Waals surface area contributed by atoms with Crippen LogP contribution in [-0.2, 0) is 13.1 Å². The molecule has 1 unspecified atom stereocenters. The molecule has 4 rings (SSSR count). The fraction of sp³-hybridized carbons (Fsp3) is 0.345. The molecule has 4 N–H and O–H groups in total. The lowest BCUT2D eigenvalue weighted by Crippen LogP contribution is -2.49. The second-order valence-electron chi connectivity index (χ2n) is 9.41. The number of piperidine rings is 1. The van der Waals surface area contributed by atoms with Crippen LogP contribution in [0.2, 0.25) is 0 Å². The van der Waals surface area contributed by atoms with Gasteiger partial charge < -0.3 is 21.1 Å². The maximum Gasteiger partial charge on any atom is 0.407 e. The maximum absolute atomic E-state index is 11.9. The molecule has 1 saturated heterocycles. The number of nitrogens with zero attached hydrogens (tertiary/aromatic N) is 2. The lowest BCUT2D eigenvalue weighted by Gasteiger charge is -2.39. The van der Waals surface area contributed by atoms with Gasteiger partial charge in [0.1, 0.15) is 0 Å². The van der Waals surface area contributed by atoms with E-state index in [1.165, 1.54) is 11.1 Å². The van der Waals surface area contributed by atoms with Crippen molar-refractivity contribution in [3.05, 3.63) is 96.1 Å². The first-order valence-electron chi connectivity index (χ1n) is 12.5. The zero-order valence-electron chi connectivity index (χ0n) is 20.2. The van der Waals surface area contributed by atoms with Gasteiger partial charge in [-0.3, -0.25) is 4.90 Å². The van der Waals surface area contributed by atoms with Gasteiger partial charge in [-0.1, -0.05) is 72.8 Å². The van der Waals surface area contributed by atoms with Gasteiger partial charge in [-0.2, -0.15) is 0 Å². The third-order valence-corrected chi connectivity index (χ3v) is 6.79. The SMILES string of the molecule is Nc1ccccc1NC1CCN(C(=O)O)[C@@H](CCCN(Cc2ccccc2)Cc2ccccc2)C1. The highest BCUT2D eigenvalue weighted by Gasteiger charge is 2.31. The van der Waals surface area contributed by atoms with E-state index < -0.39 is 6.09 Å². The molecule has 0 spiro atoms. The predicted molar refractivity (Wildman–Crippen MR) is 142 cm³/mol. The summed E-state index contributed by atoms with van der Waals surface area (Å²) in [6.45, 7) is 3.21. The first-order chi connectivity index (χ1) is 17.1. The van der Waals surface area contributed by atoms with Gasteiger partial charge in [0.05, 0.1) is 11.4 Å². The van der Waals surface area contributed by atoms with Crippen molar-refractivity contribution in [2.75, 3.05) is 24.1 Å². The Morgan fingerprint density at radius 3 is 2.14 bits per heavy atom. The van der Waals surface area contributed by atoms with Crippen molar-refractivity contribution in [2.24, 2.45) is 0 Å². The summed E-state index contributed by atoms with van der Waals surface area (Å²) in [6.07, 6.45) is 2.53. The summed E-state index contributed by atoms with van der Waals surface area (Å²) in [6, 6.07) is 29.0. The summed E-state index contributed by atoms with van der Waals surface area (Å²) in [5, 5.41) is 13.4. The molecule has 1 aliphatic heterocycles. The van der Waals surface area contributed by atoms with Gasteiger partial charge in [0, 0.05) is 31.7 Å². The van der Waals surface area contributed by atoms with Gasteiger partial charge in [-0.05, 0) is 55.5 Å². The number of carbonyl (C=O) groups is 1. The molecule has 0 bridgehead atoms. The van der Waals surface area contributed by atoms with Crippen LogP contribution < -0.4 is 11.1 Å². The highest BCUT2D eigenvalue weighted by molar-refractivity contribution is 5.67. The highest BCUT2D eigenvalue weighted by atomic mass is 16.4. The van der Waals surface area contributed by atoms with E-state index in [4.69, 9.17) is 5.73 Å². The third kappa shape index (κ3) is 7.23. The van der Waals surface area contributed by atoms with Gasteiger partial charge in [0.15, 0.2) is 0 Å². The molecule has 6 heteroatoms. The number of anilines is 2. The second-order valence-corrected chi connectivity index (χ2v) is 9.41. The zero-order valence-corrected chi connectivity index (χ0v) is 20.2. The summed E-state index contributed by atoms with van der Waals surface area (Å²) in [4.78, 5) is 16.0. The number of para-hydroxylation sites is 2. The molecule has 0 saturated carbocycles. The van der Waals surface area contributed by atoms with Crippen LogP contribution in [0, 0.1) is 0 Å². The first-order valence-corrected chi connectivity index (χ1v) is 12.5. The molecule has 0 aromatic heterocycles. The van der Waals surface area contributed by atoms with Gasteiger partial charge >= 0.3 is 6.09 Å². The summed E-state index contributed by atoms with van der Waals surface area (Å²) in [5.41, 5.74) is 10.3. The number of rotatable bonds is 10. The van der Waals surface area contributed by atoms with Crippen LogP contribution in [0.25, 0.3) is 0 Å². The maximum atomic E-state index is 11.9. The molecule has 3 aromatic carbocycles. The topological polar surface area (TPSA) is 81.8 Å². The lowest BCUT2D eigenvalue weighted by molar-refractivity contribution is 0.0972. The summed E-state index contributed by atoms with van der Waals surface area (Å²) >= 11 is 0. The van der Waals surface area contributed by atoms with Crippen LogP contribution >= 0.6 is 0 Å². The number of nitrogen functional groups attached to an aromatic ring is 1. The zero-order chi connectivity index (χ0) is 24.5. The number of likely N-dealkylation sites (tertiary alicyclic amines) is 1. The van der Waals surface area contributed by atoms with Crippen molar-refractivity contribution in [2.45, 2.75) is 50.9 Å². The number of benzene rings is 3. The van der Waals surface area contributed by atoms with Gasteiger partial charge in [-0.15, -0.1) is 0 Å². The van der Waals surface area contributed by atoms with Gasteiger partial charge in [-0.25, -0.2) is 4.79 Å². The number of hydrogen-bond acceptors (Lipinski definition) is 4. The molecular formula is C29H36N4O2. The van der Waals surface area contributed by atoms with E-state index in [1.54, 1.807) is 4.90 Å². The largest absolute Gasteiger partial charge is 0.465 e. The van der Waals surface area contributed by atoms with Crippen LogP contribution in [0.15, 0.2) is 84.9 Å². The van der Waals surface area contributed by atoms with Gasteiger partial charge in [0.2, 0.25) is 0 Å². The molecule has 184 valence electrons. The van der Waals surface area contributed by atoms with E-state index in [9.17, 15) is 9.90 Å². The van der Waals surface area contributed by atoms with Crippen molar-refractivity contribution >= 4 is 17.5 Å². The van der Waals surface area contributed by atoms with Crippen LogP contribution in [0.3, 0.4) is 0 Å². The second kappa shape index (κ2) is 12.3. The van der Waals surface area contributed by atoms with Crippen molar-refractivity contribution < 1.29 is 9.90 Å². The normalized spacial score (nSPS) is 17.9. The number of carboxylic acid groups (broad SMARTS) is 1. The molecule has 0 aliphatic carbocycles. The summed E-state index contributed by atoms with van der Waals surface area (Å²) in [5.74, 6) is 0. The lowest BCUT2D eigenvalue weighted by atomic mass is 9.93. The van der Waals surface area contributed by atoms with Crippen molar-refractivity contribution in [3.8, 4) is 0 Å². The number of amides is 1. The average molecular weight is 473 g/mol. The van der Waals surface area contributed by atoms with E-state index in [-0.39, 0.29) is 12.1 Å². The smallest absolute Gasteiger partial charge is 0.407 e. The molecule has 3 aromatic rings. The third-order valence-electron chi connectivity index (χ3n) is 6.79. The molecule has 2 atom stereocenters. The minimum atomic E-state index is -0.821. The van der Waals surface area contributed by atoms with Crippen LogP contribution in [0.5, 0.6) is 0 Å². The first kappa shape index (κ1) is 24.6. The molecule has 1 heterocycles. The number of nitrogens with one attached hydrogen (secondary N) is 1. The Balaban J connectivity index is 1.37. The monoisotopic (exact) mass is 472 g/mol. The molecule has 6 nitrogen and oxygen atoms in total. The van der Waals surface area contributed by atoms with E-state index in [2.05, 4.69) is 58.7 Å². The molecule has 0 radical (unpaired) electrons. The van der Waals surface area contributed by atoms with Crippen LogP contribution in [0.1, 0.15) is 36.8 Å². The van der Waals surface area contributed by atoms with E-state index in [0.717, 1.165) is 56.7 Å². The molecule has 35 heavy (non-hydrogen) atoms. The van der Waals surface area contributed by atoms with Crippen LogP contribution in [-0.4, -0.2) is 46.2 Å². The van der Waals surface area contributed by atoms with Crippen molar-refractivity contribution in [3.63, 3.8) is 0 Å². The Bertz CT molecular complexity index is 1020. The molecule has 1 fully saturated rings. The van der Waals surface area contributed by atoms with Gasteiger partial charge in [0.25, 0.3) is 0 Å². The van der Waals surface area contributed by atoms with E-state index in [0.29, 0.717) is 6.54 Å². The van der Waals surface area contributed by atoms with Crippen molar-refractivity contribution in [1.82, 2.24) is 9.80 Å². The minimum Gasteiger partial charge on any atom is -0.465 e. The Labute approximate surface area is 208 Å². The Morgan fingerprint density at radius 1 is 0.943 bits per heavy atom. The highest BCUT2D eigenvalue weighted by Crippen LogP contribution is 2.27. The van der Waals surface area contributed by atoms with E-state index in [1.807, 2.05) is 36.4 Å². The van der Waals surface area contributed by atoms with Crippen molar-refractivity contribution in [1.29, 1.82) is 0 Å². The fourth-order valence-electron chi connectivity index (χ4n) is 5.00. The Hall–Kier alpha value is -3.51. The quantitative estimate of drug-likeness (QED) is 0.331. The molecular weight excluding hydrogens is 436 g/mol. The summed E-state index contributed by atoms with van der Waals surface area (Å²) in [7, 11) is 0. The van der Waals surface area contributed by atoms with E-state index >= 15 is 0 Å². The fourth-order valence-corrected chi connectivity index (χ4v) is 5.00. The Morgan fingerprint density at radius 2 is 1.54 bits per heavy atom. The number of hydrogen-bond donors (Lipinski definition) is 3. The molecule has 1 aliphatic rings. The minimum absolute atomic E-state index is 0.000938. The van der Waals surface area contributed by atoms with Crippen LogP contribution in [0.4, 0.5) is 16.2 Å². The number of nitrogens with two attached hydrogens (primary N) is 1. The standard InChI is InChI=1S/C29H36N4O2/c30-27-15-7-8-16-28(27)31-25-17-19-33(29(34)35)26(20-25)14-9-18-32(21-23-10-3-1-4-11-23)22-24-12-5-2-6-13-24/h1-8,10-13,15-16,25-26,31H,9,14,17-22,30H2,(H,34,35)/t25?,26-/m0/s1. The summed E-state index contributed by atoms with van der Waals surface area (Å²) < 4.78 is 0. The predicted octanol–water partition coefficient (Wildman–Crippen LogP) is 5.67. The average Bonchev–Trinajstić information content (AvgIpc) is 2.87.